The molecule has 0 atom stereocenters. The van der Waals surface area contributed by atoms with Gasteiger partial charge in [-0.2, -0.15) is 4.31 Å². The van der Waals surface area contributed by atoms with Gasteiger partial charge in [-0.3, -0.25) is 0 Å². The highest BCUT2D eigenvalue weighted by Gasteiger charge is 2.21. The number of sulfonamides is 1. The van der Waals surface area contributed by atoms with Crippen molar-refractivity contribution < 1.29 is 8.42 Å². The topological polar surface area (TPSA) is 63.4 Å². The second-order valence-corrected chi connectivity index (χ2v) is 6.56. The molecular weight excluding hydrogens is 248 g/mol. The molecule has 0 saturated carbocycles. The Morgan fingerprint density at radius 2 is 2.06 bits per heavy atom. The van der Waals surface area contributed by atoms with Crippen LogP contribution in [-0.4, -0.2) is 26.3 Å². The predicted molar refractivity (Wildman–Crippen MR) is 73.7 cm³/mol. The van der Waals surface area contributed by atoms with E-state index in [2.05, 4.69) is 6.58 Å². The number of nitrogens with zero attached hydrogens (tertiary/aromatic N) is 1. The van der Waals surface area contributed by atoms with E-state index in [1.807, 2.05) is 6.92 Å². The number of hydrogen-bond acceptors (Lipinski definition) is 3. The minimum atomic E-state index is -3.47. The molecule has 2 N–H and O–H groups in total. The molecule has 0 spiro atoms. The lowest BCUT2D eigenvalue weighted by Gasteiger charge is -2.18. The van der Waals surface area contributed by atoms with E-state index in [1.165, 1.54) is 4.31 Å². The van der Waals surface area contributed by atoms with Gasteiger partial charge < -0.3 is 5.73 Å². The van der Waals surface area contributed by atoms with E-state index in [0.717, 1.165) is 16.7 Å². The summed E-state index contributed by atoms with van der Waals surface area (Å²) in [6.45, 7) is 8.08. The predicted octanol–water partition coefficient (Wildman–Crippen LogP) is 1.65. The summed E-state index contributed by atoms with van der Waals surface area (Å²) in [7, 11) is -1.92. The maximum absolute atomic E-state index is 12.3. The van der Waals surface area contributed by atoms with Crippen LogP contribution in [0.1, 0.15) is 18.1 Å². The van der Waals surface area contributed by atoms with Gasteiger partial charge in [0.15, 0.2) is 0 Å². The minimum Gasteiger partial charge on any atom is -0.326 e. The van der Waals surface area contributed by atoms with Crippen LogP contribution >= 0.6 is 0 Å². The van der Waals surface area contributed by atoms with Crippen molar-refractivity contribution in [3.8, 4) is 0 Å². The van der Waals surface area contributed by atoms with Crippen molar-refractivity contribution >= 4 is 10.0 Å². The van der Waals surface area contributed by atoms with E-state index >= 15 is 0 Å². The molecule has 0 bridgehead atoms. The number of hydrogen-bond donors (Lipinski definition) is 1. The minimum absolute atomic E-state index is 0.275. The van der Waals surface area contributed by atoms with Gasteiger partial charge in [0.25, 0.3) is 0 Å². The van der Waals surface area contributed by atoms with Gasteiger partial charge in [-0.15, -0.1) is 0 Å². The van der Waals surface area contributed by atoms with Gasteiger partial charge in [-0.05, 0) is 37.1 Å². The third-order valence-corrected chi connectivity index (χ3v) is 4.54. The van der Waals surface area contributed by atoms with Crippen molar-refractivity contribution in [3.63, 3.8) is 0 Å². The summed E-state index contributed by atoms with van der Waals surface area (Å²) >= 11 is 0. The fourth-order valence-electron chi connectivity index (χ4n) is 1.67. The third kappa shape index (κ3) is 3.19. The van der Waals surface area contributed by atoms with Gasteiger partial charge in [-0.25, -0.2) is 8.42 Å². The first kappa shape index (κ1) is 14.9. The van der Waals surface area contributed by atoms with Crippen molar-refractivity contribution in [2.24, 2.45) is 5.73 Å². The van der Waals surface area contributed by atoms with Crippen LogP contribution in [0.2, 0.25) is 0 Å². The van der Waals surface area contributed by atoms with E-state index in [1.54, 1.807) is 32.2 Å². The molecule has 100 valence electrons. The molecule has 1 rings (SSSR count). The highest BCUT2D eigenvalue weighted by atomic mass is 32.2. The van der Waals surface area contributed by atoms with Crippen molar-refractivity contribution in [2.45, 2.75) is 25.3 Å². The Morgan fingerprint density at radius 3 is 2.56 bits per heavy atom. The first-order valence-corrected chi connectivity index (χ1v) is 7.13. The summed E-state index contributed by atoms with van der Waals surface area (Å²) in [6.07, 6.45) is 0. The summed E-state index contributed by atoms with van der Waals surface area (Å²) in [5.74, 6) is 0. The van der Waals surface area contributed by atoms with E-state index < -0.39 is 10.0 Å². The van der Waals surface area contributed by atoms with E-state index in [-0.39, 0.29) is 4.90 Å². The molecule has 4 nitrogen and oxygen atoms in total. The summed E-state index contributed by atoms with van der Waals surface area (Å²) in [6, 6.07) is 5.03. The molecule has 0 heterocycles. The zero-order chi connectivity index (χ0) is 13.9. The van der Waals surface area contributed by atoms with Gasteiger partial charge >= 0.3 is 0 Å². The maximum atomic E-state index is 12.3. The molecule has 5 heteroatoms. The normalized spacial score (nSPS) is 11.8. The Hall–Kier alpha value is -1.17. The number of aryl methyl sites for hydroxylation is 1. The van der Waals surface area contributed by atoms with Gasteiger partial charge in [-0.1, -0.05) is 18.2 Å². The van der Waals surface area contributed by atoms with Crippen LogP contribution in [0.4, 0.5) is 0 Å². The van der Waals surface area contributed by atoms with Crippen LogP contribution < -0.4 is 5.73 Å². The Bertz CT molecular complexity index is 550. The molecule has 1 aromatic carbocycles. The van der Waals surface area contributed by atoms with Crippen LogP contribution in [-0.2, 0) is 16.6 Å². The molecule has 0 radical (unpaired) electrons. The Labute approximate surface area is 109 Å². The smallest absolute Gasteiger partial charge is 0.243 e. The van der Waals surface area contributed by atoms with Crippen LogP contribution in [0, 0.1) is 6.92 Å². The number of nitrogens with two attached hydrogens (primary N) is 1. The summed E-state index contributed by atoms with van der Waals surface area (Å²) in [4.78, 5) is 0.275. The molecule has 0 amide bonds. The lowest BCUT2D eigenvalue weighted by Crippen LogP contribution is -2.28. The molecule has 18 heavy (non-hydrogen) atoms. The zero-order valence-electron chi connectivity index (χ0n) is 11.1. The maximum Gasteiger partial charge on any atom is 0.243 e. The van der Waals surface area contributed by atoms with Crippen molar-refractivity contribution in [1.82, 2.24) is 4.31 Å². The Kier molecular flexibility index (Phi) is 4.67. The molecule has 0 aromatic heterocycles. The standard InChI is InChI=1S/C13H20N2O2S/c1-10(2)9-15(4)18(16,17)13-6-5-11(3)12(7-13)8-14/h5-7H,1,8-9,14H2,2-4H3. The third-order valence-electron chi connectivity index (χ3n) is 2.74. The molecule has 0 aliphatic heterocycles. The second-order valence-electron chi connectivity index (χ2n) is 4.51. The quantitative estimate of drug-likeness (QED) is 0.826. The van der Waals surface area contributed by atoms with Crippen molar-refractivity contribution in [3.05, 3.63) is 41.5 Å². The van der Waals surface area contributed by atoms with Crippen LogP contribution in [0.5, 0.6) is 0 Å². The van der Waals surface area contributed by atoms with Crippen molar-refractivity contribution in [2.75, 3.05) is 13.6 Å². The van der Waals surface area contributed by atoms with E-state index in [4.69, 9.17) is 5.73 Å². The van der Waals surface area contributed by atoms with Gasteiger partial charge in [0, 0.05) is 20.1 Å². The van der Waals surface area contributed by atoms with Crippen LogP contribution in [0.3, 0.4) is 0 Å². The fourth-order valence-corrected chi connectivity index (χ4v) is 2.95. The first-order chi connectivity index (χ1) is 8.28. The van der Waals surface area contributed by atoms with Crippen LogP contribution in [0.15, 0.2) is 35.2 Å². The largest absolute Gasteiger partial charge is 0.326 e. The van der Waals surface area contributed by atoms with Crippen LogP contribution in [0.25, 0.3) is 0 Å². The molecule has 0 unspecified atom stereocenters. The molecule has 1 aromatic rings. The number of benzene rings is 1. The van der Waals surface area contributed by atoms with Gasteiger partial charge in [0.1, 0.15) is 0 Å². The fraction of sp³-hybridized carbons (Fsp3) is 0.385. The highest BCUT2D eigenvalue weighted by molar-refractivity contribution is 7.89. The van der Waals surface area contributed by atoms with Gasteiger partial charge in [0.2, 0.25) is 10.0 Å². The molecule has 0 fully saturated rings. The summed E-state index contributed by atoms with van der Waals surface area (Å²) < 4.78 is 25.9. The lowest BCUT2D eigenvalue weighted by atomic mass is 10.1. The monoisotopic (exact) mass is 268 g/mol. The molecule has 0 aliphatic rings. The Balaban J connectivity index is 3.16. The first-order valence-electron chi connectivity index (χ1n) is 5.69. The highest BCUT2D eigenvalue weighted by Crippen LogP contribution is 2.19. The molecular formula is C13H20N2O2S. The van der Waals surface area contributed by atoms with Crippen molar-refractivity contribution in [1.29, 1.82) is 0 Å². The van der Waals surface area contributed by atoms with E-state index in [0.29, 0.717) is 13.1 Å². The average molecular weight is 268 g/mol. The number of rotatable bonds is 5. The molecule has 0 aliphatic carbocycles. The van der Waals surface area contributed by atoms with Gasteiger partial charge in [0.05, 0.1) is 4.90 Å². The molecule has 0 saturated heterocycles. The lowest BCUT2D eigenvalue weighted by molar-refractivity contribution is 0.493. The van der Waals surface area contributed by atoms with E-state index in [9.17, 15) is 8.42 Å². The summed E-state index contributed by atoms with van der Waals surface area (Å²) in [5.41, 5.74) is 8.24. The zero-order valence-corrected chi connectivity index (χ0v) is 11.9. The number of likely N-dealkylation sites (N-methyl/N-ethyl adjacent to an activating group) is 1. The Morgan fingerprint density at radius 1 is 1.44 bits per heavy atom. The second kappa shape index (κ2) is 5.65. The summed E-state index contributed by atoms with van der Waals surface area (Å²) in [5, 5.41) is 0. The SMILES string of the molecule is C=C(C)CN(C)S(=O)(=O)c1ccc(C)c(CN)c1. The average Bonchev–Trinajstić information content (AvgIpc) is 2.28.